The van der Waals surface area contributed by atoms with Crippen LogP contribution in [0.3, 0.4) is 0 Å². The van der Waals surface area contributed by atoms with Crippen LogP contribution in [0.4, 0.5) is 0 Å². The van der Waals surface area contributed by atoms with Gasteiger partial charge in [0, 0.05) is 5.39 Å². The summed E-state index contributed by atoms with van der Waals surface area (Å²) in [6.45, 7) is 2.02. The van der Waals surface area contributed by atoms with Crippen molar-refractivity contribution in [2.45, 2.75) is 6.92 Å². The Kier molecular flexibility index (Phi) is 1.54. The summed E-state index contributed by atoms with van der Waals surface area (Å²) < 4.78 is 5.65. The SMILES string of the molecule is Cc1ccc2c(c1)oc1cccc(O)c12. The molecule has 0 aliphatic carbocycles. The molecule has 0 fully saturated rings. The van der Waals surface area contributed by atoms with E-state index in [1.54, 1.807) is 12.1 Å². The van der Waals surface area contributed by atoms with Crippen LogP contribution < -0.4 is 0 Å². The van der Waals surface area contributed by atoms with Gasteiger partial charge < -0.3 is 9.52 Å². The van der Waals surface area contributed by atoms with Gasteiger partial charge in [-0.15, -0.1) is 0 Å². The standard InChI is InChI=1S/C13H10O2/c1-8-5-6-9-12(7-8)15-11-4-2-3-10(14)13(9)11/h2-7,14H,1H3. The third-order valence-corrected chi connectivity index (χ3v) is 2.63. The second-order valence-electron chi connectivity index (χ2n) is 3.75. The van der Waals surface area contributed by atoms with Gasteiger partial charge in [0.1, 0.15) is 16.9 Å². The second-order valence-corrected chi connectivity index (χ2v) is 3.75. The molecule has 0 radical (unpaired) electrons. The zero-order valence-corrected chi connectivity index (χ0v) is 8.32. The number of hydrogen-bond acceptors (Lipinski definition) is 2. The van der Waals surface area contributed by atoms with Crippen molar-refractivity contribution in [3.05, 3.63) is 42.0 Å². The lowest BCUT2D eigenvalue weighted by Gasteiger charge is -1.93. The van der Waals surface area contributed by atoms with Crippen LogP contribution in [0, 0.1) is 6.92 Å². The van der Waals surface area contributed by atoms with E-state index in [9.17, 15) is 5.11 Å². The number of fused-ring (bicyclic) bond motifs is 3. The molecule has 74 valence electrons. The van der Waals surface area contributed by atoms with E-state index in [1.165, 1.54) is 0 Å². The molecule has 1 N–H and O–H groups in total. The van der Waals surface area contributed by atoms with Gasteiger partial charge in [0.05, 0.1) is 5.39 Å². The fraction of sp³-hybridized carbons (Fsp3) is 0.0769. The maximum atomic E-state index is 9.77. The van der Waals surface area contributed by atoms with Crippen molar-refractivity contribution < 1.29 is 9.52 Å². The number of furan rings is 1. The molecule has 0 saturated heterocycles. The summed E-state index contributed by atoms with van der Waals surface area (Å²) in [5, 5.41) is 11.5. The number of aryl methyl sites for hydroxylation is 1. The van der Waals surface area contributed by atoms with Crippen LogP contribution >= 0.6 is 0 Å². The minimum atomic E-state index is 0.273. The van der Waals surface area contributed by atoms with Gasteiger partial charge in [-0.25, -0.2) is 0 Å². The van der Waals surface area contributed by atoms with Crippen molar-refractivity contribution in [2.24, 2.45) is 0 Å². The molecule has 2 nitrogen and oxygen atoms in total. The Morgan fingerprint density at radius 3 is 2.80 bits per heavy atom. The van der Waals surface area contributed by atoms with Crippen molar-refractivity contribution in [1.82, 2.24) is 0 Å². The van der Waals surface area contributed by atoms with Crippen molar-refractivity contribution in [1.29, 1.82) is 0 Å². The van der Waals surface area contributed by atoms with Gasteiger partial charge in [-0.2, -0.15) is 0 Å². The van der Waals surface area contributed by atoms with Crippen LogP contribution in [-0.2, 0) is 0 Å². The van der Waals surface area contributed by atoms with Crippen molar-refractivity contribution >= 4 is 21.9 Å². The first-order chi connectivity index (χ1) is 7.25. The Bertz CT molecular complexity index is 650. The quantitative estimate of drug-likeness (QED) is 0.598. The van der Waals surface area contributed by atoms with E-state index in [-0.39, 0.29) is 5.75 Å². The molecule has 3 rings (SSSR count). The molecule has 3 aromatic rings. The van der Waals surface area contributed by atoms with Crippen molar-refractivity contribution in [2.75, 3.05) is 0 Å². The number of benzene rings is 2. The van der Waals surface area contributed by atoms with E-state index in [1.807, 2.05) is 31.2 Å². The molecule has 0 unspecified atom stereocenters. The molecule has 0 aliphatic rings. The lowest BCUT2D eigenvalue weighted by atomic mass is 10.1. The molecular formula is C13H10O2. The van der Waals surface area contributed by atoms with Crippen molar-refractivity contribution in [3.8, 4) is 5.75 Å². The van der Waals surface area contributed by atoms with E-state index < -0.39 is 0 Å². The van der Waals surface area contributed by atoms with Crippen LogP contribution in [0.2, 0.25) is 0 Å². The molecule has 0 amide bonds. The molecule has 2 aromatic carbocycles. The Labute approximate surface area is 86.7 Å². The largest absolute Gasteiger partial charge is 0.507 e. The van der Waals surface area contributed by atoms with Crippen molar-refractivity contribution in [3.63, 3.8) is 0 Å². The Balaban J connectivity index is 2.59. The van der Waals surface area contributed by atoms with E-state index in [4.69, 9.17) is 4.42 Å². The minimum absolute atomic E-state index is 0.273. The zero-order chi connectivity index (χ0) is 10.4. The molecule has 0 aliphatic heterocycles. The number of phenolic OH excluding ortho intramolecular Hbond substituents is 1. The Morgan fingerprint density at radius 2 is 1.93 bits per heavy atom. The summed E-state index contributed by atoms with van der Waals surface area (Å²) in [6, 6.07) is 11.3. The number of phenols is 1. The average molecular weight is 198 g/mol. The second kappa shape index (κ2) is 2.76. The maximum absolute atomic E-state index is 9.77. The molecule has 0 bridgehead atoms. The van der Waals surface area contributed by atoms with Crippen LogP contribution in [0.25, 0.3) is 21.9 Å². The Hall–Kier alpha value is -1.96. The maximum Gasteiger partial charge on any atom is 0.139 e. The molecule has 0 spiro atoms. The van der Waals surface area contributed by atoms with E-state index >= 15 is 0 Å². The van der Waals surface area contributed by atoms with Crippen LogP contribution in [0.15, 0.2) is 40.8 Å². The summed E-state index contributed by atoms with van der Waals surface area (Å²) in [7, 11) is 0. The first-order valence-electron chi connectivity index (χ1n) is 4.86. The van der Waals surface area contributed by atoms with Gasteiger partial charge in [0.15, 0.2) is 0 Å². The highest BCUT2D eigenvalue weighted by Gasteiger charge is 2.09. The topological polar surface area (TPSA) is 33.4 Å². The molecule has 1 aromatic heterocycles. The smallest absolute Gasteiger partial charge is 0.139 e. The van der Waals surface area contributed by atoms with Gasteiger partial charge in [-0.3, -0.25) is 0 Å². The number of hydrogen-bond donors (Lipinski definition) is 1. The number of rotatable bonds is 0. The predicted octanol–water partition coefficient (Wildman–Crippen LogP) is 3.60. The molecule has 0 atom stereocenters. The zero-order valence-electron chi connectivity index (χ0n) is 8.32. The predicted molar refractivity (Wildman–Crippen MR) is 60.1 cm³/mol. The minimum Gasteiger partial charge on any atom is -0.507 e. The van der Waals surface area contributed by atoms with E-state index in [2.05, 4.69) is 0 Å². The molecule has 2 heteroatoms. The summed E-state index contributed by atoms with van der Waals surface area (Å²) in [5.41, 5.74) is 2.71. The number of aromatic hydroxyl groups is 1. The monoisotopic (exact) mass is 198 g/mol. The van der Waals surface area contributed by atoms with Gasteiger partial charge >= 0.3 is 0 Å². The fourth-order valence-electron chi connectivity index (χ4n) is 1.91. The van der Waals surface area contributed by atoms with E-state index in [0.717, 1.165) is 27.5 Å². The lowest BCUT2D eigenvalue weighted by Crippen LogP contribution is -1.70. The van der Waals surface area contributed by atoms with Crippen LogP contribution in [0.1, 0.15) is 5.56 Å². The van der Waals surface area contributed by atoms with Gasteiger partial charge in [-0.05, 0) is 30.7 Å². The molecule has 1 heterocycles. The summed E-state index contributed by atoms with van der Waals surface area (Å²) in [5.74, 6) is 0.273. The normalized spacial score (nSPS) is 11.3. The third-order valence-electron chi connectivity index (χ3n) is 2.63. The summed E-state index contributed by atoms with van der Waals surface area (Å²) >= 11 is 0. The van der Waals surface area contributed by atoms with Crippen LogP contribution in [0.5, 0.6) is 5.75 Å². The first kappa shape index (κ1) is 8.36. The molecule has 15 heavy (non-hydrogen) atoms. The highest BCUT2D eigenvalue weighted by atomic mass is 16.3. The third kappa shape index (κ3) is 1.11. The van der Waals surface area contributed by atoms with Gasteiger partial charge in [0.25, 0.3) is 0 Å². The van der Waals surface area contributed by atoms with E-state index in [0.29, 0.717) is 0 Å². The highest BCUT2D eigenvalue weighted by Crippen LogP contribution is 2.34. The lowest BCUT2D eigenvalue weighted by molar-refractivity contribution is 0.481. The molecular weight excluding hydrogens is 188 g/mol. The first-order valence-corrected chi connectivity index (χ1v) is 4.86. The Morgan fingerprint density at radius 1 is 1.07 bits per heavy atom. The van der Waals surface area contributed by atoms with Gasteiger partial charge in [-0.1, -0.05) is 18.2 Å². The average Bonchev–Trinajstić information content (AvgIpc) is 2.56. The summed E-state index contributed by atoms with van der Waals surface area (Å²) in [4.78, 5) is 0. The van der Waals surface area contributed by atoms with Gasteiger partial charge in [0.2, 0.25) is 0 Å². The molecule has 0 saturated carbocycles. The fourth-order valence-corrected chi connectivity index (χ4v) is 1.91. The van der Waals surface area contributed by atoms with Crippen LogP contribution in [-0.4, -0.2) is 5.11 Å². The summed E-state index contributed by atoms with van der Waals surface area (Å²) in [6.07, 6.45) is 0. The highest BCUT2D eigenvalue weighted by molar-refractivity contribution is 6.08.